The van der Waals surface area contributed by atoms with E-state index in [1.807, 2.05) is 37.3 Å². The van der Waals surface area contributed by atoms with Gasteiger partial charge in [0, 0.05) is 17.3 Å². The van der Waals surface area contributed by atoms with Gasteiger partial charge >= 0.3 is 11.8 Å². The summed E-state index contributed by atoms with van der Waals surface area (Å²) in [5.41, 5.74) is 2.38. The number of amides is 2. The molecule has 0 spiro atoms. The van der Waals surface area contributed by atoms with Crippen LogP contribution in [0.15, 0.2) is 48.5 Å². The molecule has 0 heterocycles. The van der Waals surface area contributed by atoms with Gasteiger partial charge in [-0.2, -0.15) is 0 Å². The molecule has 0 bridgehead atoms. The van der Waals surface area contributed by atoms with Crippen LogP contribution in [0.2, 0.25) is 5.02 Å². The minimum Gasteiger partial charge on any atom is -0.347 e. The number of nitrogens with one attached hydrogen (secondary N) is 2. The molecule has 5 heteroatoms. The molecule has 0 fully saturated rings. The molecule has 0 aromatic heterocycles. The number of rotatable bonds is 4. The number of hydrogen-bond acceptors (Lipinski definition) is 2. The summed E-state index contributed by atoms with van der Waals surface area (Å²) in [5.74, 6) is -1.23. The van der Waals surface area contributed by atoms with Crippen LogP contribution < -0.4 is 10.6 Å². The van der Waals surface area contributed by atoms with Crippen LogP contribution in [0.1, 0.15) is 24.0 Å². The van der Waals surface area contributed by atoms with Gasteiger partial charge in [-0.05, 0) is 36.1 Å². The van der Waals surface area contributed by atoms with E-state index in [1.165, 1.54) is 0 Å². The molecule has 4 nitrogen and oxygen atoms in total. The molecule has 0 aliphatic carbocycles. The Balaban J connectivity index is 1.90. The molecule has 23 heavy (non-hydrogen) atoms. The lowest BCUT2D eigenvalue weighted by Gasteiger charge is -2.13. The van der Waals surface area contributed by atoms with Crippen molar-refractivity contribution < 1.29 is 9.59 Å². The summed E-state index contributed by atoms with van der Waals surface area (Å²) in [6.07, 6.45) is 0. The van der Waals surface area contributed by atoms with Crippen molar-refractivity contribution in [2.75, 3.05) is 11.9 Å². The van der Waals surface area contributed by atoms with E-state index in [4.69, 9.17) is 11.6 Å². The van der Waals surface area contributed by atoms with Crippen molar-refractivity contribution in [1.82, 2.24) is 5.32 Å². The van der Waals surface area contributed by atoms with E-state index in [9.17, 15) is 9.59 Å². The average molecular weight is 331 g/mol. The Kier molecular flexibility index (Phi) is 5.77. The van der Waals surface area contributed by atoms with Gasteiger partial charge in [-0.1, -0.05) is 54.9 Å². The van der Waals surface area contributed by atoms with Gasteiger partial charge in [-0.25, -0.2) is 0 Å². The van der Waals surface area contributed by atoms with Gasteiger partial charge in [0.25, 0.3) is 0 Å². The number of benzene rings is 2. The van der Waals surface area contributed by atoms with Crippen molar-refractivity contribution in [2.24, 2.45) is 0 Å². The molecular weight excluding hydrogens is 312 g/mol. The first-order valence-corrected chi connectivity index (χ1v) is 7.76. The molecule has 1 atom stereocenters. The predicted molar refractivity (Wildman–Crippen MR) is 92.7 cm³/mol. The van der Waals surface area contributed by atoms with Crippen molar-refractivity contribution in [3.8, 4) is 0 Å². The zero-order valence-corrected chi connectivity index (χ0v) is 13.9. The molecular formula is C18H19ClN2O2. The number of hydrogen-bond donors (Lipinski definition) is 2. The predicted octanol–water partition coefficient (Wildman–Crippen LogP) is 3.51. The second kappa shape index (κ2) is 7.79. The van der Waals surface area contributed by atoms with Gasteiger partial charge in [-0.3, -0.25) is 9.59 Å². The van der Waals surface area contributed by atoms with Crippen molar-refractivity contribution in [3.63, 3.8) is 0 Å². The summed E-state index contributed by atoms with van der Waals surface area (Å²) in [5, 5.41) is 5.77. The van der Waals surface area contributed by atoms with Crippen LogP contribution in [0.3, 0.4) is 0 Å². The van der Waals surface area contributed by atoms with Gasteiger partial charge in [0.1, 0.15) is 0 Å². The fraction of sp³-hybridized carbons (Fsp3) is 0.222. The van der Waals surface area contributed by atoms with Gasteiger partial charge in [0.2, 0.25) is 0 Å². The van der Waals surface area contributed by atoms with E-state index in [-0.39, 0.29) is 5.92 Å². The third kappa shape index (κ3) is 4.57. The Morgan fingerprint density at radius 3 is 2.43 bits per heavy atom. The van der Waals surface area contributed by atoms with E-state index in [1.54, 1.807) is 25.1 Å². The van der Waals surface area contributed by atoms with Gasteiger partial charge in [0.05, 0.1) is 0 Å². The molecule has 2 aromatic carbocycles. The summed E-state index contributed by atoms with van der Waals surface area (Å²) < 4.78 is 0. The molecule has 2 rings (SSSR count). The first kappa shape index (κ1) is 17.0. The highest BCUT2D eigenvalue weighted by molar-refractivity contribution is 6.40. The average Bonchev–Trinajstić information content (AvgIpc) is 2.57. The van der Waals surface area contributed by atoms with E-state index >= 15 is 0 Å². The Labute approximate surface area is 140 Å². The second-order valence-electron chi connectivity index (χ2n) is 5.39. The summed E-state index contributed by atoms with van der Waals surface area (Å²) >= 11 is 6.00. The highest BCUT2D eigenvalue weighted by Crippen LogP contribution is 2.22. The topological polar surface area (TPSA) is 58.2 Å². The molecule has 0 saturated heterocycles. The number of halogens is 1. The quantitative estimate of drug-likeness (QED) is 0.843. The van der Waals surface area contributed by atoms with Crippen LogP contribution in [0.5, 0.6) is 0 Å². The monoisotopic (exact) mass is 330 g/mol. The molecule has 0 saturated carbocycles. The zero-order valence-electron chi connectivity index (χ0n) is 13.1. The minimum atomic E-state index is -0.698. The fourth-order valence-corrected chi connectivity index (χ4v) is 2.32. The first-order chi connectivity index (χ1) is 11.0. The highest BCUT2D eigenvalue weighted by atomic mass is 35.5. The fourth-order valence-electron chi connectivity index (χ4n) is 2.15. The molecule has 0 aliphatic heterocycles. The third-order valence-corrected chi connectivity index (χ3v) is 4.07. The Hall–Kier alpha value is -2.33. The lowest BCUT2D eigenvalue weighted by molar-refractivity contribution is -0.136. The maximum atomic E-state index is 12.0. The van der Waals surface area contributed by atoms with Gasteiger partial charge < -0.3 is 10.6 Å². The Morgan fingerprint density at radius 2 is 1.74 bits per heavy atom. The molecule has 0 radical (unpaired) electrons. The van der Waals surface area contributed by atoms with E-state index in [0.29, 0.717) is 17.3 Å². The summed E-state index contributed by atoms with van der Waals surface area (Å²) in [4.78, 5) is 23.9. The number of anilines is 1. The first-order valence-electron chi connectivity index (χ1n) is 7.38. The normalized spacial score (nSPS) is 11.6. The van der Waals surface area contributed by atoms with Crippen LogP contribution >= 0.6 is 11.6 Å². The Morgan fingerprint density at radius 1 is 1.04 bits per heavy atom. The molecule has 2 aromatic rings. The summed E-state index contributed by atoms with van der Waals surface area (Å²) in [7, 11) is 0. The second-order valence-corrected chi connectivity index (χ2v) is 5.80. The molecule has 2 amide bonds. The van der Waals surface area contributed by atoms with Crippen LogP contribution in [0.25, 0.3) is 0 Å². The van der Waals surface area contributed by atoms with Crippen LogP contribution in [0.4, 0.5) is 5.69 Å². The molecule has 0 unspecified atom stereocenters. The van der Waals surface area contributed by atoms with Crippen LogP contribution in [-0.2, 0) is 9.59 Å². The highest BCUT2D eigenvalue weighted by Gasteiger charge is 2.16. The zero-order chi connectivity index (χ0) is 16.8. The SMILES string of the molecule is Cc1c(Cl)cccc1NC(=O)C(=O)NC[C@@H](C)c1ccccc1. The maximum absolute atomic E-state index is 12.0. The van der Waals surface area contributed by atoms with Gasteiger partial charge in [-0.15, -0.1) is 0 Å². The number of carbonyl (C=O) groups is 2. The smallest absolute Gasteiger partial charge is 0.313 e. The van der Waals surface area contributed by atoms with E-state index in [0.717, 1.165) is 11.1 Å². The molecule has 120 valence electrons. The summed E-state index contributed by atoms with van der Waals surface area (Å²) in [6.45, 7) is 4.17. The van der Waals surface area contributed by atoms with Crippen molar-refractivity contribution in [1.29, 1.82) is 0 Å². The molecule has 0 aliphatic rings. The largest absolute Gasteiger partial charge is 0.347 e. The van der Waals surface area contributed by atoms with E-state index in [2.05, 4.69) is 10.6 Å². The van der Waals surface area contributed by atoms with Crippen molar-refractivity contribution in [3.05, 3.63) is 64.7 Å². The standard InChI is InChI=1S/C18H19ClN2O2/c1-12(14-7-4-3-5-8-14)11-20-17(22)18(23)21-16-10-6-9-15(19)13(16)2/h3-10,12H,11H2,1-2H3,(H,20,22)(H,21,23)/t12-/m1/s1. The van der Waals surface area contributed by atoms with Crippen molar-refractivity contribution in [2.45, 2.75) is 19.8 Å². The lowest BCUT2D eigenvalue weighted by atomic mass is 10.0. The minimum absolute atomic E-state index is 0.126. The van der Waals surface area contributed by atoms with Gasteiger partial charge in [0.15, 0.2) is 0 Å². The molecule has 2 N–H and O–H groups in total. The van der Waals surface area contributed by atoms with Crippen molar-refractivity contribution >= 4 is 29.1 Å². The third-order valence-electron chi connectivity index (χ3n) is 3.66. The number of carbonyl (C=O) groups excluding carboxylic acids is 2. The lowest BCUT2D eigenvalue weighted by Crippen LogP contribution is -2.37. The summed E-state index contributed by atoms with van der Waals surface area (Å²) in [6, 6.07) is 15.0. The Bertz CT molecular complexity index is 701. The van der Waals surface area contributed by atoms with Crippen LogP contribution in [0, 0.1) is 6.92 Å². The maximum Gasteiger partial charge on any atom is 0.313 e. The van der Waals surface area contributed by atoms with E-state index < -0.39 is 11.8 Å². The van der Waals surface area contributed by atoms with Crippen LogP contribution in [-0.4, -0.2) is 18.4 Å².